The van der Waals surface area contributed by atoms with Gasteiger partial charge in [0.25, 0.3) is 5.91 Å². The third-order valence-electron chi connectivity index (χ3n) is 7.28. The van der Waals surface area contributed by atoms with Crippen molar-refractivity contribution in [3.05, 3.63) is 51.6 Å². The SMILES string of the molecule is C1CC1.CC.CC.CCC.CCC/C(C)=C(/C)C1=C(C)/C(=C2\C(=O)Nc3ccc(OC)cc32)CCC1.CCCCCC.CCCS. The molecular weight excluding hydrogens is 583 g/mol. The lowest BCUT2D eigenvalue weighted by molar-refractivity contribution is -0.110. The Morgan fingerprint density at radius 3 is 1.76 bits per heavy atom. The van der Waals surface area contributed by atoms with Crippen LogP contribution in [-0.4, -0.2) is 18.8 Å². The van der Waals surface area contributed by atoms with Crippen LogP contribution in [0.15, 0.2) is 46.1 Å². The maximum absolute atomic E-state index is 12.7. The molecule has 0 radical (unpaired) electrons. The second-order valence-corrected chi connectivity index (χ2v) is 12.0. The third-order valence-corrected chi connectivity index (χ3v) is 7.73. The van der Waals surface area contributed by atoms with Crippen molar-refractivity contribution in [3.8, 4) is 5.75 Å². The van der Waals surface area contributed by atoms with Crippen molar-refractivity contribution in [3.63, 3.8) is 0 Å². The Kier molecular flexibility index (Phi) is 34.7. The van der Waals surface area contributed by atoms with Crippen molar-refractivity contribution in [1.29, 1.82) is 0 Å². The van der Waals surface area contributed by atoms with E-state index in [0.29, 0.717) is 0 Å². The molecule has 1 saturated carbocycles. The standard InChI is InChI=1S/C23H29NO2.C6H14.C3H8S.C3H6.C3H8.2C2H6/c1-6-8-14(2)15(3)18-9-7-10-19(16(18)4)22-20-13-17(26-5)11-12-21(20)24-23(22)25;1-3-5-6-4-2;1-2-3-4;1-2-3-1;1-3-2;2*1-2/h11-13H,6-10H2,1-5H3,(H,24,25);3-6H2,1-2H3;4H,2-3H2,1H3;1-3H2;3H2,1-2H3;2*1-2H3/b15-14-,22-19-;;;;;;. The minimum Gasteiger partial charge on any atom is -0.497 e. The second-order valence-electron chi connectivity index (χ2n) is 11.5. The molecule has 268 valence electrons. The maximum atomic E-state index is 12.7. The molecule has 0 atom stereocenters. The van der Waals surface area contributed by atoms with Crippen LogP contribution in [0.25, 0.3) is 5.57 Å². The molecule has 4 heteroatoms. The summed E-state index contributed by atoms with van der Waals surface area (Å²) in [5.74, 6) is 1.81. The molecule has 1 amide bonds. The predicted octanol–water partition coefficient (Wildman–Crippen LogP) is 14.6. The van der Waals surface area contributed by atoms with Gasteiger partial charge < -0.3 is 10.1 Å². The first-order valence-electron chi connectivity index (χ1n) is 18.9. The Bertz CT molecular complexity index is 992. The first-order valence-corrected chi connectivity index (χ1v) is 19.6. The lowest BCUT2D eigenvalue weighted by atomic mass is 9.80. The van der Waals surface area contributed by atoms with Crippen LogP contribution in [0.3, 0.4) is 0 Å². The van der Waals surface area contributed by atoms with Crippen molar-refractivity contribution < 1.29 is 9.53 Å². The van der Waals surface area contributed by atoms with Gasteiger partial charge in [-0.2, -0.15) is 12.6 Å². The van der Waals surface area contributed by atoms with Gasteiger partial charge in [0, 0.05) is 11.3 Å². The fourth-order valence-corrected chi connectivity index (χ4v) is 4.67. The summed E-state index contributed by atoms with van der Waals surface area (Å²) in [5.41, 5.74) is 9.45. The number of ether oxygens (including phenoxy) is 1. The Morgan fingerprint density at radius 2 is 1.35 bits per heavy atom. The first kappa shape index (κ1) is 48.5. The van der Waals surface area contributed by atoms with Gasteiger partial charge >= 0.3 is 0 Å². The topological polar surface area (TPSA) is 38.3 Å². The van der Waals surface area contributed by atoms with Crippen molar-refractivity contribution in [1.82, 2.24) is 0 Å². The summed E-state index contributed by atoms with van der Waals surface area (Å²) >= 11 is 3.92. The van der Waals surface area contributed by atoms with Gasteiger partial charge in [0.15, 0.2) is 0 Å². The van der Waals surface area contributed by atoms with E-state index in [1.165, 1.54) is 92.1 Å². The van der Waals surface area contributed by atoms with E-state index >= 15 is 0 Å². The van der Waals surface area contributed by atoms with E-state index in [1.807, 2.05) is 45.9 Å². The van der Waals surface area contributed by atoms with E-state index in [4.69, 9.17) is 4.74 Å². The maximum Gasteiger partial charge on any atom is 0.256 e. The van der Waals surface area contributed by atoms with Crippen molar-refractivity contribution in [2.45, 2.75) is 180 Å². The molecule has 46 heavy (non-hydrogen) atoms. The van der Waals surface area contributed by atoms with E-state index in [-0.39, 0.29) is 5.91 Å². The molecular formula is C42H77NO2S. The number of hydrogen-bond acceptors (Lipinski definition) is 3. The van der Waals surface area contributed by atoms with Crippen molar-refractivity contribution >= 4 is 29.8 Å². The number of hydrogen-bond donors (Lipinski definition) is 2. The lowest BCUT2D eigenvalue weighted by Crippen LogP contribution is -2.10. The first-order chi connectivity index (χ1) is 22.2. The van der Waals surface area contributed by atoms with Crippen LogP contribution in [0.1, 0.15) is 185 Å². The van der Waals surface area contributed by atoms with Gasteiger partial charge in [-0.1, -0.05) is 133 Å². The summed E-state index contributed by atoms with van der Waals surface area (Å²) in [5, 5.41) is 3.02. The number of amides is 1. The van der Waals surface area contributed by atoms with Gasteiger partial charge in [-0.25, -0.2) is 0 Å². The van der Waals surface area contributed by atoms with Gasteiger partial charge in [-0.05, 0) is 99.1 Å². The average molecular weight is 660 g/mol. The molecule has 3 aliphatic rings. The molecule has 0 saturated heterocycles. The summed E-state index contributed by atoms with van der Waals surface area (Å²) < 4.78 is 5.37. The molecule has 1 aliphatic heterocycles. The zero-order chi connectivity index (χ0) is 35.9. The van der Waals surface area contributed by atoms with Crippen molar-refractivity contribution in [2.24, 2.45) is 0 Å². The Morgan fingerprint density at radius 1 is 0.826 bits per heavy atom. The minimum absolute atomic E-state index is 0.00997. The van der Waals surface area contributed by atoms with Gasteiger partial charge in [-0.15, -0.1) is 0 Å². The molecule has 4 rings (SSSR count). The summed E-state index contributed by atoms with van der Waals surface area (Å²) in [4.78, 5) is 12.7. The van der Waals surface area contributed by atoms with Crippen LogP contribution in [0.5, 0.6) is 5.75 Å². The number of fused-ring (bicyclic) bond motifs is 1. The van der Waals surface area contributed by atoms with Crippen LogP contribution < -0.4 is 10.1 Å². The molecule has 3 nitrogen and oxygen atoms in total. The van der Waals surface area contributed by atoms with Crippen LogP contribution in [0.4, 0.5) is 5.69 Å². The Hall–Kier alpha value is -1.94. The highest BCUT2D eigenvalue weighted by Gasteiger charge is 2.30. The Balaban J connectivity index is -0.000000756. The van der Waals surface area contributed by atoms with Crippen molar-refractivity contribution in [2.75, 3.05) is 18.2 Å². The van der Waals surface area contributed by atoms with E-state index in [2.05, 4.69) is 80.3 Å². The van der Waals surface area contributed by atoms with Gasteiger partial charge in [0.2, 0.25) is 0 Å². The molecule has 2 aliphatic carbocycles. The van der Waals surface area contributed by atoms with E-state index in [9.17, 15) is 4.79 Å². The largest absolute Gasteiger partial charge is 0.497 e. The molecule has 1 fully saturated rings. The number of anilines is 1. The lowest BCUT2D eigenvalue weighted by Gasteiger charge is -2.24. The number of carbonyl (C=O) groups is 1. The average Bonchev–Trinajstić information content (AvgIpc) is 3.94. The fraction of sp³-hybridized carbons (Fsp3) is 0.690. The highest BCUT2D eigenvalue weighted by atomic mass is 32.1. The number of unbranched alkanes of at least 4 members (excludes halogenated alkanes) is 3. The summed E-state index contributed by atoms with van der Waals surface area (Å²) in [7, 11) is 1.66. The molecule has 1 aromatic carbocycles. The smallest absolute Gasteiger partial charge is 0.256 e. The fourth-order valence-electron chi connectivity index (χ4n) is 4.67. The number of carbonyl (C=O) groups excluding carboxylic acids is 1. The molecule has 1 aromatic rings. The normalized spacial score (nSPS) is 15.8. The number of thiol groups is 1. The zero-order valence-electron chi connectivity index (χ0n) is 33.1. The van der Waals surface area contributed by atoms with Crippen LogP contribution >= 0.6 is 12.6 Å². The number of methoxy groups -OCH3 is 1. The number of nitrogens with one attached hydrogen (secondary N) is 1. The molecule has 1 N–H and O–H groups in total. The monoisotopic (exact) mass is 660 g/mol. The third kappa shape index (κ3) is 20.3. The number of allylic oxidation sites excluding steroid dienone is 5. The molecule has 0 unspecified atom stereocenters. The molecule has 0 spiro atoms. The molecule has 0 aromatic heterocycles. The van der Waals surface area contributed by atoms with Gasteiger partial charge in [-0.3, -0.25) is 4.79 Å². The highest BCUT2D eigenvalue weighted by Crippen LogP contribution is 2.43. The summed E-state index contributed by atoms with van der Waals surface area (Å²) in [6.07, 6.45) is 17.9. The van der Waals surface area contributed by atoms with Crippen LogP contribution in [0.2, 0.25) is 0 Å². The summed E-state index contributed by atoms with van der Waals surface area (Å²) in [6, 6.07) is 5.80. The van der Waals surface area contributed by atoms with Crippen LogP contribution in [0, 0.1) is 0 Å². The van der Waals surface area contributed by atoms with Gasteiger partial charge in [0.05, 0.1) is 12.7 Å². The van der Waals surface area contributed by atoms with Crippen LogP contribution in [-0.2, 0) is 4.79 Å². The second kappa shape index (κ2) is 33.0. The zero-order valence-corrected chi connectivity index (χ0v) is 34.0. The number of rotatable bonds is 8. The predicted molar refractivity (Wildman–Crippen MR) is 215 cm³/mol. The molecule has 0 bridgehead atoms. The number of benzene rings is 1. The molecule has 1 heterocycles. The Labute approximate surface area is 293 Å². The van der Waals surface area contributed by atoms with Gasteiger partial charge in [0.1, 0.15) is 5.75 Å². The van der Waals surface area contributed by atoms with E-state index < -0.39 is 0 Å². The minimum atomic E-state index is 0.00997. The van der Waals surface area contributed by atoms with E-state index in [1.54, 1.807) is 7.11 Å². The highest BCUT2D eigenvalue weighted by molar-refractivity contribution is 7.80. The van der Waals surface area contributed by atoms with E-state index in [0.717, 1.165) is 54.0 Å². The summed E-state index contributed by atoms with van der Waals surface area (Å²) in [6.45, 7) is 27.7. The quantitative estimate of drug-likeness (QED) is 0.166.